The molecule has 4 bridgehead atoms. The van der Waals surface area contributed by atoms with E-state index in [0.29, 0.717) is 49.6 Å². The lowest BCUT2D eigenvalue weighted by Gasteiger charge is -2.57. The van der Waals surface area contributed by atoms with Crippen molar-refractivity contribution >= 4 is 24.4 Å². The van der Waals surface area contributed by atoms with Crippen LogP contribution in [-0.2, 0) is 13.6 Å². The first kappa shape index (κ1) is 31.3. The van der Waals surface area contributed by atoms with Gasteiger partial charge in [0.15, 0.2) is 5.82 Å². The number of para-hydroxylation sites is 2. The van der Waals surface area contributed by atoms with Crippen LogP contribution in [0.3, 0.4) is 0 Å². The van der Waals surface area contributed by atoms with Crippen molar-refractivity contribution in [3.63, 3.8) is 0 Å². The molecule has 2 saturated heterocycles. The zero-order valence-electron chi connectivity index (χ0n) is 26.9. The van der Waals surface area contributed by atoms with Gasteiger partial charge in [0.1, 0.15) is 0 Å². The highest BCUT2D eigenvalue weighted by molar-refractivity contribution is 7.53. The summed E-state index contributed by atoms with van der Waals surface area (Å²) in [6.45, 7) is 12.0. The molecule has 0 radical (unpaired) electrons. The summed E-state index contributed by atoms with van der Waals surface area (Å²) in [4.78, 5) is 21.9. The van der Waals surface area contributed by atoms with Gasteiger partial charge in [0.05, 0.1) is 30.4 Å². The van der Waals surface area contributed by atoms with Crippen molar-refractivity contribution in [3.05, 3.63) is 34.6 Å². The van der Waals surface area contributed by atoms with Crippen LogP contribution in [0.4, 0.5) is 5.82 Å². The molecule has 5 fully saturated rings. The molecule has 0 spiro atoms. The monoisotopic (exact) mass is 612 g/mol. The molecule has 3 saturated carbocycles. The summed E-state index contributed by atoms with van der Waals surface area (Å²) in [5.41, 5.74) is 1.63. The fraction of sp³-hybridized carbons (Fsp3) is 0.765. The third-order valence-corrected chi connectivity index (χ3v) is 13.6. The molecule has 1 N–H and O–H groups in total. The number of rotatable bonds is 10. The third-order valence-electron chi connectivity index (χ3n) is 11.5. The van der Waals surface area contributed by atoms with E-state index in [1.165, 1.54) is 38.5 Å². The van der Waals surface area contributed by atoms with Crippen LogP contribution in [0.25, 0.3) is 11.0 Å². The Labute approximate surface area is 257 Å². The predicted octanol–water partition coefficient (Wildman–Crippen LogP) is 7.34. The van der Waals surface area contributed by atoms with E-state index >= 15 is 0 Å². The zero-order valence-corrected chi connectivity index (χ0v) is 27.8. The van der Waals surface area contributed by atoms with Gasteiger partial charge in [-0.15, -0.1) is 0 Å². The highest BCUT2D eigenvalue weighted by atomic mass is 31.2. The molecule has 2 aromatic rings. The van der Waals surface area contributed by atoms with Crippen molar-refractivity contribution in [2.45, 2.75) is 110 Å². The van der Waals surface area contributed by atoms with Gasteiger partial charge in [-0.2, -0.15) is 0 Å². The highest BCUT2D eigenvalue weighted by Gasteiger charge is 2.48. The van der Waals surface area contributed by atoms with Crippen LogP contribution in [0.1, 0.15) is 92.0 Å². The van der Waals surface area contributed by atoms with E-state index in [2.05, 4.69) is 31.0 Å². The van der Waals surface area contributed by atoms with Crippen LogP contribution >= 0.6 is 7.60 Å². The average molecular weight is 613 g/mol. The van der Waals surface area contributed by atoms with Crippen LogP contribution in [0, 0.1) is 29.6 Å². The van der Waals surface area contributed by atoms with Crippen LogP contribution in [0.5, 0.6) is 0 Å². The van der Waals surface area contributed by atoms with E-state index in [1.54, 1.807) is 0 Å². The normalized spacial score (nSPS) is 34.8. The van der Waals surface area contributed by atoms with E-state index < -0.39 is 7.60 Å². The van der Waals surface area contributed by atoms with Gasteiger partial charge in [-0.25, -0.2) is 4.98 Å². The fourth-order valence-electron chi connectivity index (χ4n) is 9.17. The van der Waals surface area contributed by atoms with Crippen LogP contribution in [-0.4, -0.2) is 58.5 Å². The van der Waals surface area contributed by atoms with Gasteiger partial charge in [0, 0.05) is 30.7 Å². The molecule has 43 heavy (non-hydrogen) atoms. The van der Waals surface area contributed by atoms with Gasteiger partial charge in [-0.1, -0.05) is 32.9 Å². The SMILES string of the molecule is CCOP(=O)(CCNc1nc2ccccc2n([C@@H]2CC3C(C)CC[C@H](C2)N3[C@H]2CC(C)C(C)[C@H]3C[C@@H](C2)C3)c1=O)OCC. The lowest BCUT2D eigenvalue weighted by molar-refractivity contribution is -0.0755. The summed E-state index contributed by atoms with van der Waals surface area (Å²) in [5, 5.41) is 3.22. The maximum absolute atomic E-state index is 14.2. The predicted molar refractivity (Wildman–Crippen MR) is 174 cm³/mol. The van der Waals surface area contributed by atoms with Gasteiger partial charge < -0.3 is 18.9 Å². The maximum Gasteiger partial charge on any atom is 0.332 e. The summed E-state index contributed by atoms with van der Waals surface area (Å²) in [6, 6.07) is 9.83. The Morgan fingerprint density at radius 2 is 1.65 bits per heavy atom. The molecule has 2 aliphatic heterocycles. The Bertz CT molecular complexity index is 1370. The second-order valence-electron chi connectivity index (χ2n) is 14.1. The van der Waals surface area contributed by atoms with Gasteiger partial charge in [-0.05, 0) is 107 Å². The highest BCUT2D eigenvalue weighted by Crippen LogP contribution is 2.51. The summed E-state index contributed by atoms with van der Waals surface area (Å²) in [6.07, 6.45) is 10.2. The molecule has 4 unspecified atom stereocenters. The fourth-order valence-corrected chi connectivity index (χ4v) is 10.7. The minimum atomic E-state index is -3.22. The standard InChI is InChI=1S/C34H53N4O4P/c1-6-41-43(40,42-7-2)15-14-35-33-34(39)38(31-11-9-8-10-30(31)36-33)29-20-27-13-12-22(3)32(21-29)37(27)28-16-23(4)24(5)26-17-25(18-26)19-28/h8-11,22-29,32H,6-7,12-21H2,1-5H3,(H,35,36)/t22?,23?,24?,25-,26+,27-,28+,29+,32?/m1/s1. The van der Waals surface area contributed by atoms with Gasteiger partial charge in [0.25, 0.3) is 5.56 Å². The smallest absolute Gasteiger partial charge is 0.332 e. The molecule has 3 heterocycles. The first-order valence-electron chi connectivity index (χ1n) is 17.1. The number of hydrogen-bond acceptors (Lipinski definition) is 7. The Balaban J connectivity index is 1.27. The topological polar surface area (TPSA) is 85.7 Å². The number of fused-ring (bicyclic) bond motifs is 8. The molecular weight excluding hydrogens is 559 g/mol. The Hall–Kier alpha value is -1.73. The molecule has 1 aromatic heterocycles. The molecular formula is C34H53N4O4P. The Morgan fingerprint density at radius 1 is 0.907 bits per heavy atom. The largest absolute Gasteiger partial charge is 0.365 e. The van der Waals surface area contributed by atoms with Gasteiger partial charge in [0.2, 0.25) is 0 Å². The van der Waals surface area contributed by atoms with E-state index in [-0.39, 0.29) is 17.8 Å². The molecule has 1 aromatic carbocycles. The second-order valence-corrected chi connectivity index (χ2v) is 16.3. The quantitative estimate of drug-likeness (QED) is 0.281. The molecule has 3 aliphatic carbocycles. The second kappa shape index (κ2) is 12.9. The minimum Gasteiger partial charge on any atom is -0.365 e. The first-order chi connectivity index (χ1) is 20.7. The van der Waals surface area contributed by atoms with Crippen molar-refractivity contribution in [2.24, 2.45) is 29.6 Å². The maximum atomic E-state index is 14.2. The lowest BCUT2D eigenvalue weighted by Crippen LogP contribution is -2.61. The number of aromatic nitrogens is 2. The van der Waals surface area contributed by atoms with E-state index in [1.807, 2.05) is 42.7 Å². The number of piperidine rings is 2. The molecule has 0 amide bonds. The van der Waals surface area contributed by atoms with Crippen molar-refractivity contribution in [1.29, 1.82) is 0 Å². The molecule has 7 rings (SSSR count). The van der Waals surface area contributed by atoms with Crippen LogP contribution < -0.4 is 10.9 Å². The number of nitrogens with one attached hydrogen (secondary N) is 1. The van der Waals surface area contributed by atoms with E-state index in [4.69, 9.17) is 14.0 Å². The van der Waals surface area contributed by atoms with Gasteiger partial charge >= 0.3 is 7.60 Å². The third kappa shape index (κ3) is 6.23. The summed E-state index contributed by atoms with van der Waals surface area (Å²) in [5.74, 6) is 4.40. The Morgan fingerprint density at radius 3 is 2.40 bits per heavy atom. The number of anilines is 1. The van der Waals surface area contributed by atoms with Crippen molar-refractivity contribution in [3.8, 4) is 0 Å². The molecule has 7 atom stereocenters. The summed E-state index contributed by atoms with van der Waals surface area (Å²) >= 11 is 0. The zero-order chi connectivity index (χ0) is 30.3. The molecule has 9 heteroatoms. The van der Waals surface area contributed by atoms with Crippen molar-refractivity contribution < 1.29 is 13.6 Å². The van der Waals surface area contributed by atoms with Crippen LogP contribution in [0.15, 0.2) is 29.1 Å². The minimum absolute atomic E-state index is 0.0839. The van der Waals surface area contributed by atoms with Gasteiger partial charge in [-0.3, -0.25) is 14.3 Å². The molecule has 5 aliphatic rings. The summed E-state index contributed by atoms with van der Waals surface area (Å²) in [7, 11) is -3.22. The van der Waals surface area contributed by atoms with Crippen molar-refractivity contribution in [1.82, 2.24) is 14.5 Å². The number of nitrogens with zero attached hydrogens (tertiary/aromatic N) is 3. The lowest BCUT2D eigenvalue weighted by atomic mass is 9.60. The first-order valence-corrected chi connectivity index (χ1v) is 18.8. The molecule has 8 nitrogen and oxygen atoms in total. The van der Waals surface area contributed by atoms with Crippen LogP contribution in [0.2, 0.25) is 0 Å². The van der Waals surface area contributed by atoms with Crippen molar-refractivity contribution in [2.75, 3.05) is 31.2 Å². The molecule has 238 valence electrons. The van der Waals surface area contributed by atoms with E-state index in [0.717, 1.165) is 47.5 Å². The number of hydrogen-bond donors (Lipinski definition) is 1. The Kier molecular flexibility index (Phi) is 9.41. The van der Waals surface area contributed by atoms with E-state index in [9.17, 15) is 9.36 Å². The number of benzene rings is 1. The average Bonchev–Trinajstić information content (AvgIpc) is 2.95. The summed E-state index contributed by atoms with van der Waals surface area (Å²) < 4.78 is 26.0.